The number of nitrogens with zero attached hydrogens (tertiary/aromatic N) is 1. The van der Waals surface area contributed by atoms with E-state index in [2.05, 4.69) is 15.3 Å². The van der Waals surface area contributed by atoms with E-state index in [1.165, 1.54) is 24.3 Å². The maximum absolute atomic E-state index is 12.8. The lowest BCUT2D eigenvalue weighted by atomic mass is 10.1. The molecule has 2 N–H and O–H groups in total. The van der Waals surface area contributed by atoms with Gasteiger partial charge in [-0.3, -0.25) is 9.59 Å². The predicted octanol–water partition coefficient (Wildman–Crippen LogP) is 3.29. The molecule has 2 aromatic carbocycles. The van der Waals surface area contributed by atoms with Gasteiger partial charge < -0.3 is 10.3 Å². The first-order chi connectivity index (χ1) is 12.0. The third-order valence-electron chi connectivity index (χ3n) is 3.88. The zero-order chi connectivity index (χ0) is 17.8. The number of nitrogens with one attached hydrogen (secondary N) is 2. The number of aromatic nitrogens is 2. The van der Waals surface area contributed by atoms with E-state index >= 15 is 0 Å². The topological polar surface area (TPSA) is 74.8 Å². The van der Waals surface area contributed by atoms with Crippen LogP contribution in [-0.2, 0) is 11.3 Å². The quantitative estimate of drug-likeness (QED) is 0.677. The minimum Gasteiger partial charge on any atom is -0.349 e. The standard InChI is InChI=1S/C19H18FN3O2/c1-12-2-7-15-16(10-12)23-18(22-15)11-21-19(25)9-8-17(24)13-3-5-14(20)6-4-13/h2-7,10H,8-9,11H2,1H3,(H,21,25)(H,22,23). The van der Waals surface area contributed by atoms with Gasteiger partial charge in [0, 0.05) is 18.4 Å². The van der Waals surface area contributed by atoms with Crippen LogP contribution >= 0.6 is 0 Å². The first kappa shape index (κ1) is 16.8. The third kappa shape index (κ3) is 4.29. The van der Waals surface area contributed by atoms with Gasteiger partial charge >= 0.3 is 0 Å². The normalized spacial score (nSPS) is 10.8. The SMILES string of the molecule is Cc1ccc2nc(CNC(=O)CCC(=O)c3ccc(F)cc3)[nH]c2c1. The number of carbonyl (C=O) groups excluding carboxylic acids is 2. The van der Waals surface area contributed by atoms with E-state index in [0.29, 0.717) is 11.4 Å². The number of imidazole rings is 1. The van der Waals surface area contributed by atoms with E-state index in [-0.39, 0.29) is 31.1 Å². The molecule has 1 heterocycles. The van der Waals surface area contributed by atoms with Crippen LogP contribution in [0.15, 0.2) is 42.5 Å². The summed E-state index contributed by atoms with van der Waals surface area (Å²) in [5.74, 6) is -0.143. The first-order valence-corrected chi connectivity index (χ1v) is 8.02. The summed E-state index contributed by atoms with van der Waals surface area (Å²) in [6.07, 6.45) is 0.159. The number of amides is 1. The molecule has 0 aliphatic heterocycles. The molecule has 128 valence electrons. The highest BCUT2D eigenvalue weighted by Gasteiger charge is 2.10. The highest BCUT2D eigenvalue weighted by molar-refractivity contribution is 5.97. The van der Waals surface area contributed by atoms with Gasteiger partial charge in [0.05, 0.1) is 17.6 Å². The van der Waals surface area contributed by atoms with Crippen molar-refractivity contribution in [2.45, 2.75) is 26.3 Å². The van der Waals surface area contributed by atoms with Gasteiger partial charge in [-0.1, -0.05) is 6.07 Å². The fourth-order valence-corrected chi connectivity index (χ4v) is 2.54. The lowest BCUT2D eigenvalue weighted by molar-refractivity contribution is -0.121. The molecule has 0 saturated carbocycles. The average Bonchev–Trinajstić information content (AvgIpc) is 3.00. The smallest absolute Gasteiger partial charge is 0.220 e. The van der Waals surface area contributed by atoms with Gasteiger partial charge in [0.2, 0.25) is 5.91 Å². The largest absolute Gasteiger partial charge is 0.349 e. The van der Waals surface area contributed by atoms with Crippen LogP contribution in [0.4, 0.5) is 4.39 Å². The van der Waals surface area contributed by atoms with Crippen molar-refractivity contribution in [3.8, 4) is 0 Å². The average molecular weight is 339 g/mol. The Morgan fingerprint density at radius 1 is 1.12 bits per heavy atom. The molecule has 0 radical (unpaired) electrons. The van der Waals surface area contributed by atoms with Gasteiger partial charge in [-0.2, -0.15) is 0 Å². The maximum atomic E-state index is 12.8. The van der Waals surface area contributed by atoms with Crippen LogP contribution in [0.3, 0.4) is 0 Å². The molecule has 0 saturated heterocycles. The Bertz CT molecular complexity index is 916. The van der Waals surface area contributed by atoms with Crippen LogP contribution in [0, 0.1) is 12.7 Å². The number of fused-ring (bicyclic) bond motifs is 1. The van der Waals surface area contributed by atoms with E-state index in [9.17, 15) is 14.0 Å². The summed E-state index contributed by atoms with van der Waals surface area (Å²) in [7, 11) is 0. The summed E-state index contributed by atoms with van der Waals surface area (Å²) < 4.78 is 12.8. The molecule has 25 heavy (non-hydrogen) atoms. The molecule has 0 atom stereocenters. The maximum Gasteiger partial charge on any atom is 0.220 e. The van der Waals surface area contributed by atoms with Crippen molar-refractivity contribution in [2.24, 2.45) is 0 Å². The Hall–Kier alpha value is -3.02. The van der Waals surface area contributed by atoms with Crippen molar-refractivity contribution in [1.29, 1.82) is 0 Å². The van der Waals surface area contributed by atoms with Gasteiger partial charge in [-0.05, 0) is 48.9 Å². The number of H-pyrrole nitrogens is 1. The summed E-state index contributed by atoms with van der Waals surface area (Å²) in [6, 6.07) is 11.2. The van der Waals surface area contributed by atoms with E-state index in [1.807, 2.05) is 25.1 Å². The van der Waals surface area contributed by atoms with Gasteiger partial charge in [-0.15, -0.1) is 0 Å². The van der Waals surface area contributed by atoms with Crippen molar-refractivity contribution < 1.29 is 14.0 Å². The lowest BCUT2D eigenvalue weighted by Crippen LogP contribution is -2.23. The Labute approximate surface area is 144 Å². The van der Waals surface area contributed by atoms with E-state index in [4.69, 9.17) is 0 Å². The molecule has 0 spiro atoms. The molecular weight excluding hydrogens is 321 g/mol. The monoisotopic (exact) mass is 339 g/mol. The number of benzene rings is 2. The Morgan fingerprint density at radius 3 is 2.64 bits per heavy atom. The van der Waals surface area contributed by atoms with Crippen molar-refractivity contribution in [3.63, 3.8) is 0 Å². The van der Waals surface area contributed by atoms with Crippen LogP contribution < -0.4 is 5.32 Å². The van der Waals surface area contributed by atoms with Crippen LogP contribution in [0.25, 0.3) is 11.0 Å². The molecule has 0 unspecified atom stereocenters. The molecular formula is C19H18FN3O2. The number of hydrogen-bond donors (Lipinski definition) is 2. The van der Waals surface area contributed by atoms with Gasteiger partial charge in [-0.25, -0.2) is 9.37 Å². The van der Waals surface area contributed by atoms with Crippen molar-refractivity contribution in [2.75, 3.05) is 0 Å². The van der Waals surface area contributed by atoms with Crippen molar-refractivity contribution >= 4 is 22.7 Å². The summed E-state index contributed by atoms with van der Waals surface area (Å²) >= 11 is 0. The van der Waals surface area contributed by atoms with E-state index in [0.717, 1.165) is 16.6 Å². The Kier molecular flexibility index (Phi) is 4.88. The zero-order valence-electron chi connectivity index (χ0n) is 13.8. The van der Waals surface area contributed by atoms with Crippen molar-refractivity contribution in [3.05, 3.63) is 65.2 Å². The second-order valence-corrected chi connectivity index (χ2v) is 5.91. The summed E-state index contributed by atoms with van der Waals surface area (Å²) in [4.78, 5) is 31.4. The Morgan fingerprint density at radius 2 is 1.88 bits per heavy atom. The Balaban J connectivity index is 1.50. The van der Waals surface area contributed by atoms with E-state index in [1.54, 1.807) is 0 Å². The number of ketones is 1. The number of halogens is 1. The van der Waals surface area contributed by atoms with Crippen molar-refractivity contribution in [1.82, 2.24) is 15.3 Å². The minimum absolute atomic E-state index is 0.0789. The van der Waals surface area contributed by atoms with Gasteiger partial charge in [0.1, 0.15) is 11.6 Å². The predicted molar refractivity (Wildman–Crippen MR) is 92.6 cm³/mol. The van der Waals surface area contributed by atoms with Crippen LogP contribution in [0.2, 0.25) is 0 Å². The van der Waals surface area contributed by atoms with E-state index < -0.39 is 5.82 Å². The molecule has 1 aromatic heterocycles. The highest BCUT2D eigenvalue weighted by atomic mass is 19.1. The molecule has 0 aliphatic carbocycles. The van der Waals surface area contributed by atoms with Crippen LogP contribution in [0.5, 0.6) is 0 Å². The fourth-order valence-electron chi connectivity index (χ4n) is 2.54. The number of hydrogen-bond acceptors (Lipinski definition) is 3. The zero-order valence-corrected chi connectivity index (χ0v) is 13.8. The number of carbonyl (C=O) groups is 2. The van der Waals surface area contributed by atoms with Gasteiger partial charge in [0.25, 0.3) is 0 Å². The molecule has 6 heteroatoms. The first-order valence-electron chi connectivity index (χ1n) is 8.02. The third-order valence-corrected chi connectivity index (χ3v) is 3.88. The summed E-state index contributed by atoms with van der Waals surface area (Å²) in [5, 5.41) is 2.75. The molecule has 1 amide bonds. The highest BCUT2D eigenvalue weighted by Crippen LogP contribution is 2.13. The lowest BCUT2D eigenvalue weighted by Gasteiger charge is -2.03. The molecule has 0 bridgehead atoms. The second-order valence-electron chi connectivity index (χ2n) is 5.91. The minimum atomic E-state index is -0.393. The second kappa shape index (κ2) is 7.25. The molecule has 0 fully saturated rings. The van der Waals surface area contributed by atoms with Gasteiger partial charge in [0.15, 0.2) is 5.78 Å². The molecule has 3 aromatic rings. The molecule has 5 nitrogen and oxygen atoms in total. The fraction of sp³-hybridized carbons (Fsp3) is 0.211. The number of rotatable bonds is 6. The number of Topliss-reactive ketones (excluding diaryl/α,β-unsaturated/α-hetero) is 1. The number of aromatic amines is 1. The van der Waals surface area contributed by atoms with Crippen LogP contribution in [-0.4, -0.2) is 21.7 Å². The summed E-state index contributed by atoms with van der Waals surface area (Å²) in [5.41, 5.74) is 3.31. The number of aryl methyl sites for hydroxylation is 1. The van der Waals surface area contributed by atoms with Crippen LogP contribution in [0.1, 0.15) is 34.6 Å². The molecule has 0 aliphatic rings. The molecule has 3 rings (SSSR count). The summed E-state index contributed by atoms with van der Waals surface area (Å²) in [6.45, 7) is 2.27.